The van der Waals surface area contributed by atoms with Gasteiger partial charge in [0.1, 0.15) is 11.6 Å². The first-order chi connectivity index (χ1) is 21.3. The van der Waals surface area contributed by atoms with Gasteiger partial charge in [-0.15, -0.1) is 0 Å². The highest BCUT2D eigenvalue weighted by atomic mass is 19.1. The quantitative estimate of drug-likeness (QED) is 0.192. The molecule has 0 bridgehead atoms. The van der Waals surface area contributed by atoms with Crippen LogP contribution in [0.1, 0.15) is 55.6 Å². The van der Waals surface area contributed by atoms with Crippen LogP contribution in [0.4, 0.5) is 4.39 Å². The number of carbonyl (C=O) groups is 2. The van der Waals surface area contributed by atoms with Gasteiger partial charge in [-0.3, -0.25) is 4.79 Å². The molecule has 0 fully saturated rings. The Hall–Kier alpha value is -5.11. The summed E-state index contributed by atoms with van der Waals surface area (Å²) in [7, 11) is 2.98. The first-order valence-electron chi connectivity index (χ1n) is 14.4. The lowest BCUT2D eigenvalue weighted by Gasteiger charge is -2.15. The molecule has 0 atom stereocenters. The van der Waals surface area contributed by atoms with Gasteiger partial charge < -0.3 is 23.9 Å². The third kappa shape index (κ3) is 6.59. The Kier molecular flexibility index (Phi) is 9.29. The van der Waals surface area contributed by atoms with Crippen molar-refractivity contribution in [2.75, 3.05) is 14.2 Å². The normalized spacial score (nSPS) is 15.0. The lowest BCUT2D eigenvalue weighted by molar-refractivity contribution is -0.130. The van der Waals surface area contributed by atoms with Gasteiger partial charge in [0.15, 0.2) is 11.5 Å². The summed E-state index contributed by atoms with van der Waals surface area (Å²) in [4.78, 5) is 26.0. The van der Waals surface area contributed by atoms with Crippen LogP contribution >= 0.6 is 0 Å². The number of hydrogen-bond donors (Lipinski definition) is 1. The zero-order valence-electron chi connectivity index (χ0n) is 25.2. The lowest BCUT2D eigenvalue weighted by atomic mass is 10.00. The molecule has 0 saturated carbocycles. The number of rotatable bonds is 10. The van der Waals surface area contributed by atoms with Crippen molar-refractivity contribution in [3.8, 4) is 17.2 Å². The predicted octanol–water partition coefficient (Wildman–Crippen LogP) is 7.60. The highest BCUT2D eigenvalue weighted by Crippen LogP contribution is 2.45. The monoisotopic (exact) mass is 595 g/mol. The van der Waals surface area contributed by atoms with Gasteiger partial charge in [0.05, 0.1) is 39.0 Å². The van der Waals surface area contributed by atoms with Gasteiger partial charge in [-0.1, -0.05) is 30.7 Å². The van der Waals surface area contributed by atoms with E-state index in [1.54, 1.807) is 42.7 Å². The lowest BCUT2D eigenvalue weighted by Crippen LogP contribution is -2.22. The zero-order valence-corrected chi connectivity index (χ0v) is 25.2. The molecule has 226 valence electrons. The summed E-state index contributed by atoms with van der Waals surface area (Å²) in [5.41, 5.74) is 6.14. The first kappa shape index (κ1) is 30.4. The molecule has 2 aliphatic rings. The predicted molar refractivity (Wildman–Crippen MR) is 167 cm³/mol. The summed E-state index contributed by atoms with van der Waals surface area (Å²) in [5.74, 6) is 0.312. The molecule has 5 rings (SSSR count). The average Bonchev–Trinajstić information content (AvgIpc) is 3.54. The Morgan fingerprint density at radius 3 is 2.52 bits per heavy atom. The SMILES string of the molecule is CCC1=CC(C(=O)Oc2c(OC)cc(/C=C3/C(C)=C(CC(=O)NCc4ccco4)c4cc(F)ccc43)cc2OC)=CC=CC1. The van der Waals surface area contributed by atoms with Crippen LogP contribution in [0, 0.1) is 5.82 Å². The van der Waals surface area contributed by atoms with Gasteiger partial charge >= 0.3 is 5.97 Å². The fraction of sp³-hybridized carbons (Fsp3) is 0.222. The molecular formula is C36H34FNO6. The Balaban J connectivity index is 1.46. The van der Waals surface area contributed by atoms with E-state index in [0.29, 0.717) is 34.0 Å². The second kappa shape index (κ2) is 13.5. The van der Waals surface area contributed by atoms with Crippen molar-refractivity contribution in [2.24, 2.45) is 0 Å². The van der Waals surface area contributed by atoms with Gasteiger partial charge in [-0.2, -0.15) is 0 Å². The molecule has 1 aromatic heterocycles. The summed E-state index contributed by atoms with van der Waals surface area (Å²) < 4.78 is 36.8. The van der Waals surface area contributed by atoms with Gasteiger partial charge in [0, 0.05) is 0 Å². The molecular weight excluding hydrogens is 561 g/mol. The van der Waals surface area contributed by atoms with E-state index in [2.05, 4.69) is 5.32 Å². The summed E-state index contributed by atoms with van der Waals surface area (Å²) in [6.45, 7) is 4.22. The van der Waals surface area contributed by atoms with Crippen molar-refractivity contribution in [3.05, 3.63) is 118 Å². The van der Waals surface area contributed by atoms with Crippen molar-refractivity contribution in [1.29, 1.82) is 0 Å². The van der Waals surface area contributed by atoms with E-state index in [4.69, 9.17) is 18.6 Å². The third-order valence-electron chi connectivity index (χ3n) is 7.66. The van der Waals surface area contributed by atoms with E-state index in [9.17, 15) is 14.0 Å². The molecule has 0 saturated heterocycles. The number of fused-ring (bicyclic) bond motifs is 1. The van der Waals surface area contributed by atoms with Crippen molar-refractivity contribution in [3.63, 3.8) is 0 Å². The van der Waals surface area contributed by atoms with E-state index in [1.165, 1.54) is 26.4 Å². The minimum Gasteiger partial charge on any atom is -0.493 e. The Bertz CT molecular complexity index is 1710. The van der Waals surface area contributed by atoms with Crippen molar-refractivity contribution in [2.45, 2.75) is 39.7 Å². The third-order valence-corrected chi connectivity index (χ3v) is 7.66. The van der Waals surface area contributed by atoms with Gasteiger partial charge in [0.25, 0.3) is 0 Å². The molecule has 1 N–H and O–H groups in total. The molecule has 8 heteroatoms. The van der Waals surface area contributed by atoms with E-state index >= 15 is 0 Å². The molecule has 0 aliphatic heterocycles. The second-order valence-corrected chi connectivity index (χ2v) is 10.4. The van der Waals surface area contributed by atoms with Crippen LogP contribution < -0.4 is 19.5 Å². The number of esters is 1. The minimum atomic E-state index is -0.523. The summed E-state index contributed by atoms with van der Waals surface area (Å²) in [5, 5.41) is 2.86. The smallest absolute Gasteiger partial charge is 0.343 e. The Morgan fingerprint density at radius 2 is 1.84 bits per heavy atom. The molecule has 7 nitrogen and oxygen atoms in total. The Labute approximate surface area is 256 Å². The first-order valence-corrected chi connectivity index (χ1v) is 14.4. The molecule has 2 aromatic carbocycles. The van der Waals surface area contributed by atoms with Crippen LogP contribution in [0.3, 0.4) is 0 Å². The van der Waals surface area contributed by atoms with Crippen LogP contribution in [0.5, 0.6) is 17.2 Å². The maximum Gasteiger partial charge on any atom is 0.343 e. The average molecular weight is 596 g/mol. The van der Waals surface area contributed by atoms with Crippen LogP contribution in [0.15, 0.2) is 94.2 Å². The van der Waals surface area contributed by atoms with E-state index < -0.39 is 5.97 Å². The fourth-order valence-corrected chi connectivity index (χ4v) is 5.30. The molecule has 0 unspecified atom stereocenters. The van der Waals surface area contributed by atoms with Crippen LogP contribution in [0.25, 0.3) is 17.2 Å². The maximum atomic E-state index is 14.4. The van der Waals surface area contributed by atoms with Crippen molar-refractivity contribution in [1.82, 2.24) is 5.32 Å². The minimum absolute atomic E-state index is 0.0705. The highest BCUT2D eigenvalue weighted by molar-refractivity contribution is 6.08. The van der Waals surface area contributed by atoms with Crippen molar-refractivity contribution < 1.29 is 32.6 Å². The van der Waals surface area contributed by atoms with Crippen LogP contribution in [-0.4, -0.2) is 26.1 Å². The number of halogens is 1. The number of benzene rings is 2. The fourth-order valence-electron chi connectivity index (χ4n) is 5.30. The number of furan rings is 1. The topological polar surface area (TPSA) is 87.0 Å². The van der Waals surface area contributed by atoms with E-state index in [-0.39, 0.29) is 30.4 Å². The largest absolute Gasteiger partial charge is 0.493 e. The number of methoxy groups -OCH3 is 2. The number of amides is 1. The molecule has 1 amide bonds. The van der Waals surface area contributed by atoms with Gasteiger partial charge in [0.2, 0.25) is 11.7 Å². The second-order valence-electron chi connectivity index (χ2n) is 10.4. The standard InChI is InChI=1S/C36H34FNO6/c1-5-23-9-6-7-10-25(15-23)36(40)44-35-32(41-3)17-24(18-33(35)42-4)16-29-22(2)30(31-19-26(37)12-13-28(29)31)20-34(39)38-21-27-11-8-14-43-27/h6-8,10-19H,5,9,20-21H2,1-4H3,(H,38,39)/b29-16-. The summed E-state index contributed by atoms with van der Waals surface area (Å²) >= 11 is 0. The van der Waals surface area contributed by atoms with Crippen LogP contribution in [0.2, 0.25) is 0 Å². The van der Waals surface area contributed by atoms with E-state index in [0.717, 1.165) is 40.7 Å². The molecule has 1 heterocycles. The molecule has 44 heavy (non-hydrogen) atoms. The number of nitrogens with one attached hydrogen (secondary N) is 1. The summed E-state index contributed by atoms with van der Waals surface area (Å²) in [6.07, 6.45) is 12.6. The molecule has 2 aliphatic carbocycles. The summed E-state index contributed by atoms with van der Waals surface area (Å²) in [6, 6.07) is 11.6. The van der Waals surface area contributed by atoms with Gasteiger partial charge in [-0.25, -0.2) is 9.18 Å². The molecule has 0 radical (unpaired) electrons. The Morgan fingerprint density at radius 1 is 1.07 bits per heavy atom. The number of carbonyl (C=O) groups excluding carboxylic acids is 2. The number of ether oxygens (including phenoxy) is 3. The van der Waals surface area contributed by atoms with Crippen molar-refractivity contribution >= 4 is 29.1 Å². The zero-order chi connectivity index (χ0) is 31.2. The number of hydrogen-bond acceptors (Lipinski definition) is 6. The van der Waals surface area contributed by atoms with Crippen LogP contribution in [-0.2, 0) is 16.1 Å². The number of allylic oxidation sites excluding steroid dienone is 6. The van der Waals surface area contributed by atoms with E-state index in [1.807, 2.05) is 38.2 Å². The highest BCUT2D eigenvalue weighted by Gasteiger charge is 2.27. The van der Waals surface area contributed by atoms with Gasteiger partial charge in [-0.05, 0) is 108 Å². The molecule has 0 spiro atoms. The molecule has 3 aromatic rings. The maximum absolute atomic E-state index is 14.4.